The van der Waals surface area contributed by atoms with Crippen molar-refractivity contribution in [2.75, 3.05) is 10.6 Å². The van der Waals surface area contributed by atoms with Crippen LogP contribution in [0.5, 0.6) is 0 Å². The summed E-state index contributed by atoms with van der Waals surface area (Å²) in [6, 6.07) is 1.15. The molecular formula is C12H20N4. The topological polar surface area (TPSA) is 55.0 Å². The molecule has 0 aromatic carbocycles. The van der Waals surface area contributed by atoms with Gasteiger partial charge in [-0.2, -0.15) is 4.98 Å². The second kappa shape index (κ2) is 4.28. The summed E-state index contributed by atoms with van der Waals surface area (Å²) in [4.78, 5) is 10.8. The quantitative estimate of drug-likeness (QED) is 0.829. The average Bonchev–Trinajstić information content (AvgIpc) is 2.63. The van der Waals surface area contributed by atoms with Gasteiger partial charge in [0.15, 0.2) is 0 Å². The molecule has 2 atom stereocenters. The van der Waals surface area contributed by atoms with Crippen LogP contribution in [0.2, 0.25) is 0 Å². The van der Waals surface area contributed by atoms with Gasteiger partial charge in [-0.25, -0.2) is 4.98 Å². The maximum atomic E-state index is 5.68. The fraction of sp³-hybridized carbons (Fsp3) is 0.667. The number of rotatable bonds is 2. The molecule has 1 saturated heterocycles. The molecule has 1 aliphatic heterocycles. The molecule has 0 saturated carbocycles. The van der Waals surface area contributed by atoms with E-state index in [1.165, 1.54) is 12.8 Å². The van der Waals surface area contributed by atoms with Crippen LogP contribution >= 0.6 is 0 Å². The summed E-state index contributed by atoms with van der Waals surface area (Å²) in [5.41, 5.74) is 6.79. The number of hydrogen-bond acceptors (Lipinski definition) is 4. The van der Waals surface area contributed by atoms with Gasteiger partial charge in [0.25, 0.3) is 0 Å². The molecule has 0 aliphatic carbocycles. The molecule has 2 unspecified atom stereocenters. The monoisotopic (exact) mass is 220 g/mol. The van der Waals surface area contributed by atoms with Gasteiger partial charge in [0.2, 0.25) is 5.95 Å². The number of aromatic nitrogens is 2. The predicted octanol–water partition coefficient (Wildman–Crippen LogP) is 2.13. The van der Waals surface area contributed by atoms with Crippen molar-refractivity contribution < 1.29 is 0 Å². The van der Waals surface area contributed by atoms with Gasteiger partial charge in [-0.1, -0.05) is 6.92 Å². The van der Waals surface area contributed by atoms with E-state index < -0.39 is 0 Å². The van der Waals surface area contributed by atoms with Crippen LogP contribution in [0.3, 0.4) is 0 Å². The first kappa shape index (κ1) is 11.2. The van der Waals surface area contributed by atoms with Gasteiger partial charge in [-0.05, 0) is 33.1 Å². The summed E-state index contributed by atoms with van der Waals surface area (Å²) >= 11 is 0. The molecule has 2 rings (SSSR count). The molecule has 88 valence electrons. The Bertz CT molecular complexity index is 377. The van der Waals surface area contributed by atoms with Crippen LogP contribution in [0.15, 0.2) is 6.20 Å². The standard InChI is InChI=1S/C12H20N4/c1-4-10-6-5-9(3)16(10)11-8(2)7-14-12(13)15-11/h7,9-10H,4-6H2,1-3H3,(H2,13,14,15). The lowest BCUT2D eigenvalue weighted by Crippen LogP contribution is -2.35. The van der Waals surface area contributed by atoms with Crippen molar-refractivity contribution in [3.63, 3.8) is 0 Å². The van der Waals surface area contributed by atoms with Gasteiger partial charge in [0.05, 0.1) is 0 Å². The van der Waals surface area contributed by atoms with Crippen LogP contribution in [-0.4, -0.2) is 22.1 Å². The van der Waals surface area contributed by atoms with E-state index in [0.717, 1.165) is 17.8 Å². The van der Waals surface area contributed by atoms with E-state index in [1.54, 1.807) is 0 Å². The smallest absolute Gasteiger partial charge is 0.221 e. The van der Waals surface area contributed by atoms with Crippen molar-refractivity contribution in [3.05, 3.63) is 11.8 Å². The summed E-state index contributed by atoms with van der Waals surface area (Å²) < 4.78 is 0. The minimum Gasteiger partial charge on any atom is -0.368 e. The zero-order valence-electron chi connectivity index (χ0n) is 10.3. The Hall–Kier alpha value is -1.32. The Balaban J connectivity index is 2.37. The second-order valence-electron chi connectivity index (χ2n) is 4.63. The summed E-state index contributed by atoms with van der Waals surface area (Å²) in [5.74, 6) is 1.39. The number of hydrogen-bond donors (Lipinski definition) is 1. The summed E-state index contributed by atoms with van der Waals surface area (Å²) in [7, 11) is 0. The van der Waals surface area contributed by atoms with E-state index >= 15 is 0 Å². The molecule has 1 aromatic heterocycles. The van der Waals surface area contributed by atoms with Crippen molar-refractivity contribution in [1.82, 2.24) is 9.97 Å². The highest BCUT2D eigenvalue weighted by atomic mass is 15.3. The fourth-order valence-electron chi connectivity index (χ4n) is 2.56. The first-order chi connectivity index (χ1) is 7.63. The molecule has 0 bridgehead atoms. The zero-order valence-corrected chi connectivity index (χ0v) is 10.3. The molecule has 0 radical (unpaired) electrons. The molecule has 4 heteroatoms. The number of anilines is 2. The summed E-state index contributed by atoms with van der Waals surface area (Å²) in [5, 5.41) is 0. The van der Waals surface area contributed by atoms with E-state index in [2.05, 4.69) is 28.7 Å². The van der Waals surface area contributed by atoms with Crippen molar-refractivity contribution in [1.29, 1.82) is 0 Å². The average molecular weight is 220 g/mol. The zero-order chi connectivity index (χ0) is 11.7. The first-order valence-electron chi connectivity index (χ1n) is 6.01. The molecular weight excluding hydrogens is 200 g/mol. The largest absolute Gasteiger partial charge is 0.368 e. The Kier molecular flexibility index (Phi) is 2.99. The van der Waals surface area contributed by atoms with E-state index in [-0.39, 0.29) is 0 Å². The molecule has 1 aliphatic rings. The lowest BCUT2D eigenvalue weighted by Gasteiger charge is -2.30. The van der Waals surface area contributed by atoms with Gasteiger partial charge in [-0.15, -0.1) is 0 Å². The lowest BCUT2D eigenvalue weighted by atomic mass is 10.1. The van der Waals surface area contributed by atoms with E-state index in [1.807, 2.05) is 13.1 Å². The summed E-state index contributed by atoms with van der Waals surface area (Å²) in [6.45, 7) is 6.54. The van der Waals surface area contributed by atoms with Crippen LogP contribution in [0.25, 0.3) is 0 Å². The van der Waals surface area contributed by atoms with Crippen LogP contribution in [-0.2, 0) is 0 Å². The Morgan fingerprint density at radius 3 is 2.94 bits per heavy atom. The number of aryl methyl sites for hydroxylation is 1. The molecule has 1 fully saturated rings. The molecule has 2 heterocycles. The van der Waals surface area contributed by atoms with Crippen LogP contribution in [0.4, 0.5) is 11.8 Å². The van der Waals surface area contributed by atoms with Crippen LogP contribution in [0, 0.1) is 6.92 Å². The highest BCUT2D eigenvalue weighted by Crippen LogP contribution is 2.32. The van der Waals surface area contributed by atoms with Crippen molar-refractivity contribution in [2.45, 2.75) is 52.1 Å². The normalized spacial score (nSPS) is 25.1. The Morgan fingerprint density at radius 1 is 1.50 bits per heavy atom. The third-order valence-electron chi connectivity index (χ3n) is 3.47. The fourth-order valence-corrected chi connectivity index (χ4v) is 2.56. The number of nitrogen functional groups attached to an aromatic ring is 1. The molecule has 1 aromatic rings. The van der Waals surface area contributed by atoms with Crippen molar-refractivity contribution in [3.8, 4) is 0 Å². The summed E-state index contributed by atoms with van der Waals surface area (Å²) in [6.07, 6.45) is 5.46. The number of nitrogens with two attached hydrogens (primary N) is 1. The lowest BCUT2D eigenvalue weighted by molar-refractivity contribution is 0.619. The van der Waals surface area contributed by atoms with Gasteiger partial charge < -0.3 is 10.6 Å². The van der Waals surface area contributed by atoms with Crippen LogP contribution in [0.1, 0.15) is 38.7 Å². The SMILES string of the molecule is CCC1CCC(C)N1c1nc(N)ncc1C. The molecule has 0 spiro atoms. The van der Waals surface area contributed by atoms with Gasteiger partial charge >= 0.3 is 0 Å². The van der Waals surface area contributed by atoms with Crippen molar-refractivity contribution in [2.24, 2.45) is 0 Å². The van der Waals surface area contributed by atoms with Gasteiger partial charge in [0, 0.05) is 23.8 Å². The first-order valence-corrected chi connectivity index (χ1v) is 6.01. The second-order valence-corrected chi connectivity index (χ2v) is 4.63. The highest BCUT2D eigenvalue weighted by molar-refractivity contribution is 5.50. The van der Waals surface area contributed by atoms with E-state index in [9.17, 15) is 0 Å². The number of nitrogens with zero attached hydrogens (tertiary/aromatic N) is 3. The van der Waals surface area contributed by atoms with Gasteiger partial charge in [0.1, 0.15) is 5.82 Å². The Morgan fingerprint density at radius 2 is 2.25 bits per heavy atom. The third kappa shape index (κ3) is 1.84. The van der Waals surface area contributed by atoms with Crippen LogP contribution < -0.4 is 10.6 Å². The molecule has 4 nitrogen and oxygen atoms in total. The molecule has 0 amide bonds. The maximum absolute atomic E-state index is 5.68. The maximum Gasteiger partial charge on any atom is 0.221 e. The Labute approximate surface area is 96.9 Å². The van der Waals surface area contributed by atoms with E-state index in [0.29, 0.717) is 18.0 Å². The van der Waals surface area contributed by atoms with Crippen molar-refractivity contribution >= 4 is 11.8 Å². The minimum atomic E-state index is 0.370. The van der Waals surface area contributed by atoms with E-state index in [4.69, 9.17) is 5.73 Å². The highest BCUT2D eigenvalue weighted by Gasteiger charge is 2.31. The predicted molar refractivity (Wildman–Crippen MR) is 66.4 cm³/mol. The van der Waals surface area contributed by atoms with Gasteiger partial charge in [-0.3, -0.25) is 0 Å². The minimum absolute atomic E-state index is 0.370. The third-order valence-corrected chi connectivity index (χ3v) is 3.47. The molecule has 2 N–H and O–H groups in total. The molecule has 16 heavy (non-hydrogen) atoms.